The first-order valence-electron chi connectivity index (χ1n) is 10.1. The van der Waals surface area contributed by atoms with Crippen molar-refractivity contribution in [2.45, 2.75) is 13.3 Å². The summed E-state index contributed by atoms with van der Waals surface area (Å²) in [6.45, 7) is 5.36. The van der Waals surface area contributed by atoms with Gasteiger partial charge in [0.25, 0.3) is 0 Å². The van der Waals surface area contributed by atoms with E-state index in [1.807, 2.05) is 31.5 Å². The van der Waals surface area contributed by atoms with E-state index in [1.54, 1.807) is 12.1 Å². The van der Waals surface area contributed by atoms with E-state index in [4.69, 9.17) is 4.74 Å². The number of aryl methyl sites for hydroxylation is 1. The lowest BCUT2D eigenvalue weighted by Gasteiger charge is -2.36. The molecule has 0 atom stereocenters. The minimum atomic E-state index is -0.430. The Kier molecular flexibility index (Phi) is 6.16. The molecule has 1 aliphatic heterocycles. The minimum Gasteiger partial charge on any atom is -0.465 e. The second-order valence-electron chi connectivity index (χ2n) is 6.96. The molecule has 4 heterocycles. The van der Waals surface area contributed by atoms with Gasteiger partial charge in [-0.3, -0.25) is 4.98 Å². The lowest BCUT2D eigenvalue weighted by Crippen LogP contribution is -2.47. The predicted octanol–water partition coefficient (Wildman–Crippen LogP) is 2.08. The van der Waals surface area contributed by atoms with Crippen LogP contribution in [-0.2, 0) is 11.2 Å². The van der Waals surface area contributed by atoms with Gasteiger partial charge in [-0.15, -0.1) is 0 Å². The van der Waals surface area contributed by atoms with E-state index in [0.29, 0.717) is 35.5 Å². The third-order valence-corrected chi connectivity index (χ3v) is 5.00. The van der Waals surface area contributed by atoms with Crippen LogP contribution in [0, 0.1) is 0 Å². The van der Waals surface area contributed by atoms with Crippen LogP contribution < -0.4 is 15.1 Å². The molecular weight excluding hydrogens is 396 g/mol. The molecule has 0 unspecified atom stereocenters. The van der Waals surface area contributed by atoms with Gasteiger partial charge < -0.3 is 19.9 Å². The van der Waals surface area contributed by atoms with E-state index in [9.17, 15) is 4.79 Å². The van der Waals surface area contributed by atoms with Gasteiger partial charge in [0, 0.05) is 56.9 Å². The number of hydrogen-bond acceptors (Lipinski definition) is 10. The monoisotopic (exact) mass is 420 g/mol. The maximum absolute atomic E-state index is 11.6. The highest BCUT2D eigenvalue weighted by atomic mass is 16.5. The molecule has 0 spiro atoms. The number of carbonyl (C=O) groups is 1. The second-order valence-corrected chi connectivity index (χ2v) is 6.96. The molecule has 1 saturated heterocycles. The van der Waals surface area contributed by atoms with Crippen LogP contribution in [0.25, 0.3) is 0 Å². The summed E-state index contributed by atoms with van der Waals surface area (Å²) >= 11 is 0. The Morgan fingerprint density at radius 2 is 1.77 bits per heavy atom. The van der Waals surface area contributed by atoms with E-state index in [2.05, 4.69) is 40.0 Å². The summed E-state index contributed by atoms with van der Waals surface area (Å²) in [6.07, 6.45) is 5.76. The topological polar surface area (TPSA) is 109 Å². The zero-order chi connectivity index (χ0) is 21.6. The van der Waals surface area contributed by atoms with Crippen LogP contribution in [-0.4, -0.2) is 64.2 Å². The molecular formula is C21H24N8O2. The van der Waals surface area contributed by atoms with E-state index < -0.39 is 5.97 Å². The zero-order valence-electron chi connectivity index (χ0n) is 17.5. The van der Waals surface area contributed by atoms with Gasteiger partial charge in [0.1, 0.15) is 11.6 Å². The number of piperazine rings is 1. The Bertz CT molecular complexity index is 1020. The number of aromatic nitrogens is 5. The molecule has 31 heavy (non-hydrogen) atoms. The van der Waals surface area contributed by atoms with Crippen molar-refractivity contribution in [2.75, 3.05) is 48.4 Å². The molecule has 4 rings (SSSR count). The van der Waals surface area contributed by atoms with Crippen molar-refractivity contribution >= 4 is 29.4 Å². The average Bonchev–Trinajstić information content (AvgIpc) is 2.84. The Labute approximate surface area is 180 Å². The largest absolute Gasteiger partial charge is 0.465 e. The van der Waals surface area contributed by atoms with Gasteiger partial charge in [-0.1, -0.05) is 6.92 Å². The van der Waals surface area contributed by atoms with Crippen molar-refractivity contribution in [3.05, 3.63) is 54.2 Å². The molecule has 3 aromatic rings. The average molecular weight is 420 g/mol. The van der Waals surface area contributed by atoms with Crippen LogP contribution in [0.1, 0.15) is 23.1 Å². The summed E-state index contributed by atoms with van der Waals surface area (Å²) in [5.74, 6) is 1.89. The van der Waals surface area contributed by atoms with Crippen molar-refractivity contribution in [1.29, 1.82) is 0 Å². The van der Waals surface area contributed by atoms with Crippen molar-refractivity contribution in [1.82, 2.24) is 24.9 Å². The number of hydrogen-bond donors (Lipinski definition) is 1. The highest BCUT2D eigenvalue weighted by molar-refractivity contribution is 5.89. The van der Waals surface area contributed by atoms with Crippen molar-refractivity contribution in [3.63, 3.8) is 0 Å². The Morgan fingerprint density at radius 3 is 2.42 bits per heavy atom. The van der Waals surface area contributed by atoms with E-state index >= 15 is 0 Å². The van der Waals surface area contributed by atoms with E-state index in [1.165, 1.54) is 19.0 Å². The standard InChI is InChI=1S/C21H24N8O2/c1-3-17-24-20(25-18-5-4-15(14-23-18)19(30)31-2)27-21(26-17)29-12-10-28(11-13-29)16-6-8-22-9-7-16/h4-9,14H,3,10-13H2,1-2H3,(H,23,24,25,26,27). The predicted molar refractivity (Wildman–Crippen MR) is 117 cm³/mol. The highest BCUT2D eigenvalue weighted by Gasteiger charge is 2.20. The van der Waals surface area contributed by atoms with Crippen molar-refractivity contribution in [2.24, 2.45) is 0 Å². The molecule has 1 aliphatic rings. The van der Waals surface area contributed by atoms with Gasteiger partial charge in [0.2, 0.25) is 11.9 Å². The lowest BCUT2D eigenvalue weighted by molar-refractivity contribution is 0.0600. The summed E-state index contributed by atoms with van der Waals surface area (Å²) in [5.41, 5.74) is 1.55. The molecule has 160 valence electrons. The van der Waals surface area contributed by atoms with Gasteiger partial charge in [0.05, 0.1) is 12.7 Å². The Hall–Kier alpha value is -3.82. The first-order valence-corrected chi connectivity index (χ1v) is 10.1. The summed E-state index contributed by atoms with van der Waals surface area (Å²) < 4.78 is 4.70. The fourth-order valence-electron chi connectivity index (χ4n) is 3.30. The van der Waals surface area contributed by atoms with Crippen LogP contribution in [0.3, 0.4) is 0 Å². The number of ether oxygens (including phenoxy) is 1. The molecule has 3 aromatic heterocycles. The Morgan fingerprint density at radius 1 is 1.03 bits per heavy atom. The van der Waals surface area contributed by atoms with Gasteiger partial charge in [-0.25, -0.2) is 9.78 Å². The minimum absolute atomic E-state index is 0.380. The van der Waals surface area contributed by atoms with Crippen molar-refractivity contribution < 1.29 is 9.53 Å². The molecule has 10 heteroatoms. The number of carbonyl (C=O) groups excluding carboxylic acids is 1. The summed E-state index contributed by atoms with van der Waals surface area (Å²) in [4.78, 5) is 38.1. The molecule has 1 fully saturated rings. The van der Waals surface area contributed by atoms with Crippen LogP contribution in [0.4, 0.5) is 23.4 Å². The molecule has 0 aromatic carbocycles. The van der Waals surface area contributed by atoms with E-state index in [0.717, 1.165) is 26.2 Å². The number of methoxy groups -OCH3 is 1. The first kappa shape index (κ1) is 20.5. The smallest absolute Gasteiger partial charge is 0.339 e. The lowest BCUT2D eigenvalue weighted by atomic mass is 10.3. The van der Waals surface area contributed by atoms with Gasteiger partial charge in [-0.05, 0) is 24.3 Å². The van der Waals surface area contributed by atoms with Gasteiger partial charge in [0.15, 0.2) is 0 Å². The van der Waals surface area contributed by atoms with Crippen molar-refractivity contribution in [3.8, 4) is 0 Å². The van der Waals surface area contributed by atoms with Crippen LogP contribution >= 0.6 is 0 Å². The fraction of sp³-hybridized carbons (Fsp3) is 0.333. The molecule has 0 bridgehead atoms. The third kappa shape index (κ3) is 4.85. The maximum atomic E-state index is 11.6. The van der Waals surface area contributed by atoms with Crippen LogP contribution in [0.5, 0.6) is 0 Å². The highest BCUT2D eigenvalue weighted by Crippen LogP contribution is 2.19. The van der Waals surface area contributed by atoms with E-state index in [-0.39, 0.29) is 0 Å². The first-order chi connectivity index (χ1) is 15.2. The molecule has 0 radical (unpaired) electrons. The number of rotatable bonds is 6. The number of anilines is 4. The molecule has 10 nitrogen and oxygen atoms in total. The second kappa shape index (κ2) is 9.33. The third-order valence-electron chi connectivity index (χ3n) is 5.00. The quantitative estimate of drug-likeness (QED) is 0.595. The zero-order valence-corrected chi connectivity index (χ0v) is 17.5. The number of pyridine rings is 2. The number of nitrogens with zero attached hydrogens (tertiary/aromatic N) is 7. The Balaban J connectivity index is 1.47. The van der Waals surface area contributed by atoms with Gasteiger partial charge in [-0.2, -0.15) is 15.0 Å². The molecule has 0 amide bonds. The van der Waals surface area contributed by atoms with Gasteiger partial charge >= 0.3 is 5.97 Å². The number of esters is 1. The molecule has 0 aliphatic carbocycles. The summed E-state index contributed by atoms with van der Waals surface area (Å²) in [7, 11) is 1.34. The number of nitrogens with one attached hydrogen (secondary N) is 1. The summed E-state index contributed by atoms with van der Waals surface area (Å²) in [6, 6.07) is 7.37. The maximum Gasteiger partial charge on any atom is 0.339 e. The van der Waals surface area contributed by atoms with Crippen LogP contribution in [0.15, 0.2) is 42.9 Å². The fourth-order valence-corrected chi connectivity index (χ4v) is 3.30. The molecule has 0 saturated carbocycles. The van der Waals surface area contributed by atoms with Crippen LogP contribution in [0.2, 0.25) is 0 Å². The normalized spacial score (nSPS) is 13.7. The summed E-state index contributed by atoms with van der Waals surface area (Å²) in [5, 5.41) is 3.11. The SMILES string of the molecule is CCc1nc(Nc2ccc(C(=O)OC)cn2)nc(N2CCN(c3ccncc3)CC2)n1. The molecule has 1 N–H and O–H groups in total.